The molecule has 3 amide bonds. The Balaban J connectivity index is 1.51. The third-order valence-corrected chi connectivity index (χ3v) is 6.79. The van der Waals surface area contributed by atoms with Crippen molar-refractivity contribution in [1.29, 1.82) is 0 Å². The lowest BCUT2D eigenvalue weighted by molar-refractivity contribution is -0.121. The predicted molar refractivity (Wildman–Crippen MR) is 104 cm³/mol. The zero-order chi connectivity index (χ0) is 20.6. The molecule has 1 aromatic carbocycles. The molecule has 2 aliphatic heterocycles. The van der Waals surface area contributed by atoms with E-state index in [0.717, 1.165) is 9.21 Å². The summed E-state index contributed by atoms with van der Waals surface area (Å²) in [4.78, 5) is 42.7. The summed E-state index contributed by atoms with van der Waals surface area (Å²) in [5, 5.41) is 0. The fourth-order valence-electron chi connectivity index (χ4n) is 3.42. The molecular weight excluding hydrogens is 396 g/mol. The second-order valence-electron chi connectivity index (χ2n) is 6.71. The first-order chi connectivity index (χ1) is 13.9. The monoisotopic (exact) mass is 414 g/mol. The number of hydrogen-bond acceptors (Lipinski definition) is 6. The number of sulfonamides is 1. The second kappa shape index (κ2) is 7.37. The molecule has 0 aliphatic carbocycles. The van der Waals surface area contributed by atoms with Gasteiger partial charge in [-0.1, -0.05) is 0 Å². The first-order valence-electron chi connectivity index (χ1n) is 9.04. The first-order valence-corrected chi connectivity index (χ1v) is 10.5. The molecule has 2 aromatic rings. The van der Waals surface area contributed by atoms with Crippen molar-refractivity contribution in [2.75, 3.05) is 29.4 Å². The molecule has 0 radical (unpaired) electrons. The van der Waals surface area contributed by atoms with E-state index in [-0.39, 0.29) is 55.1 Å². The molecule has 0 spiro atoms. The van der Waals surface area contributed by atoms with Crippen LogP contribution in [-0.2, 0) is 24.4 Å². The van der Waals surface area contributed by atoms with Crippen LogP contribution in [0.3, 0.4) is 0 Å². The SMILES string of the molecule is O=C1CN(S(=O)(=O)c2ccc(N3C(=O)CCC3=O)cc2)CCN1c1cccnc1. The molecule has 2 aliphatic rings. The van der Waals surface area contributed by atoms with Crippen molar-refractivity contribution < 1.29 is 22.8 Å². The third kappa shape index (κ3) is 3.52. The van der Waals surface area contributed by atoms with Gasteiger partial charge in [0.05, 0.1) is 29.0 Å². The van der Waals surface area contributed by atoms with Gasteiger partial charge in [-0.3, -0.25) is 24.3 Å². The van der Waals surface area contributed by atoms with Crippen LogP contribution in [0.5, 0.6) is 0 Å². The van der Waals surface area contributed by atoms with Gasteiger partial charge in [-0.05, 0) is 36.4 Å². The van der Waals surface area contributed by atoms with Crippen LogP contribution in [0.1, 0.15) is 12.8 Å². The molecule has 2 fully saturated rings. The van der Waals surface area contributed by atoms with Gasteiger partial charge in [0.15, 0.2) is 0 Å². The lowest BCUT2D eigenvalue weighted by Crippen LogP contribution is -2.52. The van der Waals surface area contributed by atoms with Crippen LogP contribution in [0.4, 0.5) is 11.4 Å². The van der Waals surface area contributed by atoms with Crippen molar-refractivity contribution in [2.45, 2.75) is 17.7 Å². The molecule has 2 saturated heterocycles. The zero-order valence-electron chi connectivity index (χ0n) is 15.4. The highest BCUT2D eigenvalue weighted by atomic mass is 32.2. The molecule has 3 heterocycles. The third-order valence-electron chi connectivity index (χ3n) is 4.93. The Morgan fingerprint density at radius 1 is 0.828 bits per heavy atom. The minimum atomic E-state index is -3.89. The number of anilines is 2. The van der Waals surface area contributed by atoms with Gasteiger partial charge in [-0.15, -0.1) is 0 Å². The Morgan fingerprint density at radius 2 is 1.52 bits per heavy atom. The van der Waals surface area contributed by atoms with E-state index in [9.17, 15) is 22.8 Å². The van der Waals surface area contributed by atoms with Gasteiger partial charge in [-0.2, -0.15) is 4.31 Å². The molecule has 0 saturated carbocycles. The molecular formula is C19H18N4O5S. The van der Waals surface area contributed by atoms with Crippen molar-refractivity contribution in [2.24, 2.45) is 0 Å². The smallest absolute Gasteiger partial charge is 0.243 e. The number of aromatic nitrogens is 1. The lowest BCUT2D eigenvalue weighted by atomic mass is 10.3. The van der Waals surface area contributed by atoms with E-state index >= 15 is 0 Å². The van der Waals surface area contributed by atoms with Crippen molar-refractivity contribution in [3.05, 3.63) is 48.8 Å². The zero-order valence-corrected chi connectivity index (χ0v) is 16.2. The van der Waals surface area contributed by atoms with Gasteiger partial charge in [0.1, 0.15) is 0 Å². The summed E-state index contributed by atoms with van der Waals surface area (Å²) in [6.45, 7) is 0.0918. The summed E-state index contributed by atoms with van der Waals surface area (Å²) in [7, 11) is -3.89. The molecule has 1 aromatic heterocycles. The van der Waals surface area contributed by atoms with E-state index < -0.39 is 10.0 Å². The maximum atomic E-state index is 12.9. The summed E-state index contributed by atoms with van der Waals surface area (Å²) < 4.78 is 27.0. The number of rotatable bonds is 4. The summed E-state index contributed by atoms with van der Waals surface area (Å²) in [5.74, 6) is -0.942. The second-order valence-corrected chi connectivity index (χ2v) is 8.65. The average Bonchev–Trinajstić information content (AvgIpc) is 3.06. The lowest BCUT2D eigenvalue weighted by Gasteiger charge is -2.33. The maximum absolute atomic E-state index is 12.9. The van der Waals surface area contributed by atoms with Gasteiger partial charge in [0.2, 0.25) is 27.7 Å². The van der Waals surface area contributed by atoms with E-state index in [2.05, 4.69) is 4.98 Å². The van der Waals surface area contributed by atoms with Crippen molar-refractivity contribution in [3.63, 3.8) is 0 Å². The molecule has 9 nitrogen and oxygen atoms in total. The van der Waals surface area contributed by atoms with Crippen LogP contribution in [-0.4, -0.2) is 55.1 Å². The standard InChI is InChI=1S/C19H18N4O5S/c24-17-7-8-18(25)23(17)14-3-5-16(6-4-14)29(27,28)21-10-11-22(19(26)13-21)15-2-1-9-20-12-15/h1-6,9,12H,7-8,10-11,13H2. The summed E-state index contributed by atoms with van der Waals surface area (Å²) in [5.41, 5.74) is 0.966. The van der Waals surface area contributed by atoms with Gasteiger partial charge in [-0.25, -0.2) is 8.42 Å². The number of pyridine rings is 1. The van der Waals surface area contributed by atoms with E-state index in [1.165, 1.54) is 29.2 Å². The highest BCUT2D eigenvalue weighted by Gasteiger charge is 2.34. The van der Waals surface area contributed by atoms with Crippen LogP contribution < -0.4 is 9.80 Å². The molecule has 10 heteroatoms. The summed E-state index contributed by atoms with van der Waals surface area (Å²) in [6.07, 6.45) is 3.47. The fraction of sp³-hybridized carbons (Fsp3) is 0.263. The number of benzene rings is 1. The number of nitrogens with zero attached hydrogens (tertiary/aromatic N) is 4. The van der Waals surface area contributed by atoms with Crippen LogP contribution in [0.15, 0.2) is 53.7 Å². The Morgan fingerprint density at radius 3 is 2.10 bits per heavy atom. The Hall–Kier alpha value is -3.11. The number of hydrogen-bond donors (Lipinski definition) is 0. The minimum Gasteiger partial charge on any atom is -0.308 e. The quantitative estimate of drug-likeness (QED) is 0.684. The number of carbonyl (C=O) groups is 3. The molecule has 0 N–H and O–H groups in total. The van der Waals surface area contributed by atoms with Crippen LogP contribution in [0, 0.1) is 0 Å². The van der Waals surface area contributed by atoms with Crippen molar-refractivity contribution >= 4 is 39.1 Å². The molecule has 29 heavy (non-hydrogen) atoms. The van der Waals surface area contributed by atoms with Gasteiger partial charge in [0, 0.05) is 32.1 Å². The van der Waals surface area contributed by atoms with Gasteiger partial charge < -0.3 is 4.90 Å². The van der Waals surface area contributed by atoms with E-state index in [1.807, 2.05) is 0 Å². The molecule has 0 bridgehead atoms. The maximum Gasteiger partial charge on any atom is 0.243 e. The number of carbonyl (C=O) groups excluding carboxylic acids is 3. The number of imide groups is 1. The molecule has 0 atom stereocenters. The van der Waals surface area contributed by atoms with E-state index in [4.69, 9.17) is 0 Å². The molecule has 0 unspecified atom stereocenters. The molecule has 4 rings (SSSR count). The highest BCUT2D eigenvalue weighted by Crippen LogP contribution is 2.26. The summed E-state index contributed by atoms with van der Waals surface area (Å²) in [6, 6.07) is 9.02. The molecule has 150 valence electrons. The normalized spacial score (nSPS) is 18.6. The van der Waals surface area contributed by atoms with Crippen molar-refractivity contribution in [3.8, 4) is 0 Å². The fourth-order valence-corrected chi connectivity index (χ4v) is 4.80. The predicted octanol–water partition coefficient (Wildman–Crippen LogP) is 0.772. The minimum absolute atomic E-state index is 0.00275. The topological polar surface area (TPSA) is 108 Å². The van der Waals surface area contributed by atoms with E-state index in [1.54, 1.807) is 24.5 Å². The van der Waals surface area contributed by atoms with Crippen molar-refractivity contribution in [1.82, 2.24) is 9.29 Å². The van der Waals surface area contributed by atoms with Gasteiger partial charge >= 0.3 is 0 Å². The highest BCUT2D eigenvalue weighted by molar-refractivity contribution is 7.89. The number of piperazine rings is 1. The number of amides is 3. The average molecular weight is 414 g/mol. The Kier molecular flexibility index (Phi) is 4.89. The van der Waals surface area contributed by atoms with Crippen LogP contribution >= 0.6 is 0 Å². The summed E-state index contributed by atoms with van der Waals surface area (Å²) >= 11 is 0. The Labute approximate surface area is 167 Å². The largest absolute Gasteiger partial charge is 0.308 e. The van der Waals surface area contributed by atoms with Gasteiger partial charge in [0.25, 0.3) is 0 Å². The van der Waals surface area contributed by atoms with Crippen LogP contribution in [0.25, 0.3) is 0 Å². The Bertz CT molecular complexity index is 1050. The van der Waals surface area contributed by atoms with Crippen LogP contribution in [0.2, 0.25) is 0 Å². The van der Waals surface area contributed by atoms with E-state index in [0.29, 0.717) is 11.4 Å². The first kappa shape index (κ1) is 19.2.